The SMILES string of the molecule is CCOC(=O)c1nnc(NC2CCCN(c3ccccc3C#N)C2)o1. The van der Waals surface area contributed by atoms with E-state index in [1.165, 1.54) is 0 Å². The van der Waals surface area contributed by atoms with Gasteiger partial charge >= 0.3 is 17.9 Å². The molecule has 0 bridgehead atoms. The van der Waals surface area contributed by atoms with Crippen molar-refractivity contribution in [3.05, 3.63) is 35.7 Å². The second-order valence-electron chi connectivity index (χ2n) is 5.69. The van der Waals surface area contributed by atoms with Gasteiger partial charge < -0.3 is 19.4 Å². The van der Waals surface area contributed by atoms with Gasteiger partial charge in [0.2, 0.25) is 0 Å². The third kappa shape index (κ3) is 3.88. The minimum absolute atomic E-state index is 0.0796. The first-order valence-corrected chi connectivity index (χ1v) is 8.22. The largest absolute Gasteiger partial charge is 0.459 e. The van der Waals surface area contributed by atoms with E-state index in [-0.39, 0.29) is 24.6 Å². The lowest BCUT2D eigenvalue weighted by atomic mass is 10.0. The summed E-state index contributed by atoms with van der Waals surface area (Å²) in [4.78, 5) is 13.7. The molecule has 0 saturated carbocycles. The van der Waals surface area contributed by atoms with Gasteiger partial charge in [0, 0.05) is 19.1 Å². The zero-order valence-corrected chi connectivity index (χ0v) is 13.9. The van der Waals surface area contributed by atoms with Crippen molar-refractivity contribution >= 4 is 17.7 Å². The molecule has 0 amide bonds. The number of nitrogens with one attached hydrogen (secondary N) is 1. The standard InChI is InChI=1S/C17H19N5O3/c1-2-24-16(23)15-20-21-17(25-15)19-13-7-5-9-22(11-13)14-8-4-3-6-12(14)10-18/h3-4,6,8,13H,2,5,7,9,11H2,1H3,(H,19,21). The van der Waals surface area contributed by atoms with Gasteiger partial charge in [-0.05, 0) is 31.9 Å². The molecule has 3 rings (SSSR count). The molecule has 0 spiro atoms. The fourth-order valence-corrected chi connectivity index (χ4v) is 2.89. The maximum absolute atomic E-state index is 11.6. The summed E-state index contributed by atoms with van der Waals surface area (Å²) in [6.07, 6.45) is 1.90. The highest BCUT2D eigenvalue weighted by molar-refractivity contribution is 5.84. The van der Waals surface area contributed by atoms with Gasteiger partial charge in [0.15, 0.2) is 0 Å². The average molecular weight is 341 g/mol. The highest BCUT2D eigenvalue weighted by Crippen LogP contribution is 2.24. The Kier molecular flexibility index (Phi) is 5.14. The van der Waals surface area contributed by atoms with E-state index in [4.69, 9.17) is 9.15 Å². The number of nitrogens with zero attached hydrogens (tertiary/aromatic N) is 4. The molecule has 0 aliphatic carbocycles. The average Bonchev–Trinajstić information content (AvgIpc) is 3.11. The van der Waals surface area contributed by atoms with Gasteiger partial charge in [-0.15, -0.1) is 0 Å². The van der Waals surface area contributed by atoms with Crippen molar-refractivity contribution in [1.82, 2.24) is 10.2 Å². The van der Waals surface area contributed by atoms with Crippen LogP contribution in [0.3, 0.4) is 0 Å². The summed E-state index contributed by atoms with van der Waals surface area (Å²) in [5.74, 6) is -0.789. The van der Waals surface area contributed by atoms with Crippen LogP contribution in [0.5, 0.6) is 0 Å². The second kappa shape index (κ2) is 7.66. The van der Waals surface area contributed by atoms with Gasteiger partial charge in [-0.2, -0.15) is 5.26 Å². The first-order chi connectivity index (χ1) is 12.2. The molecule has 25 heavy (non-hydrogen) atoms. The maximum atomic E-state index is 11.6. The molecular weight excluding hydrogens is 322 g/mol. The van der Waals surface area contributed by atoms with Crippen LogP contribution in [0.1, 0.15) is 36.0 Å². The minimum Gasteiger partial charge on any atom is -0.459 e. The van der Waals surface area contributed by atoms with Gasteiger partial charge in [-0.3, -0.25) is 0 Å². The molecule has 1 N–H and O–H groups in total. The van der Waals surface area contributed by atoms with Gasteiger partial charge in [-0.25, -0.2) is 4.79 Å². The molecule has 1 fully saturated rings. The lowest BCUT2D eigenvalue weighted by Gasteiger charge is -2.34. The molecule has 1 atom stereocenters. The van der Waals surface area contributed by atoms with E-state index < -0.39 is 5.97 Å². The minimum atomic E-state index is -0.628. The molecule has 1 aromatic carbocycles. The zero-order valence-electron chi connectivity index (χ0n) is 13.9. The lowest BCUT2D eigenvalue weighted by molar-refractivity contribution is 0.0481. The van der Waals surface area contributed by atoms with Gasteiger partial charge in [0.1, 0.15) is 6.07 Å². The van der Waals surface area contributed by atoms with Crippen molar-refractivity contribution in [3.63, 3.8) is 0 Å². The fraction of sp³-hybridized carbons (Fsp3) is 0.412. The van der Waals surface area contributed by atoms with Crippen LogP contribution < -0.4 is 10.2 Å². The monoisotopic (exact) mass is 341 g/mol. The van der Waals surface area contributed by atoms with E-state index in [0.717, 1.165) is 25.1 Å². The van der Waals surface area contributed by atoms with Gasteiger partial charge in [0.05, 0.1) is 17.9 Å². The number of piperidine rings is 1. The summed E-state index contributed by atoms with van der Waals surface area (Å²) >= 11 is 0. The van der Waals surface area contributed by atoms with Gasteiger partial charge in [0.25, 0.3) is 0 Å². The lowest BCUT2D eigenvalue weighted by Crippen LogP contribution is -2.42. The number of para-hydroxylation sites is 1. The molecule has 1 unspecified atom stereocenters. The quantitative estimate of drug-likeness (QED) is 0.825. The molecule has 1 saturated heterocycles. The topological polar surface area (TPSA) is 104 Å². The highest BCUT2D eigenvalue weighted by atomic mass is 16.5. The maximum Gasteiger partial charge on any atom is 0.396 e. The summed E-state index contributed by atoms with van der Waals surface area (Å²) < 4.78 is 10.1. The Labute approximate surface area is 145 Å². The first kappa shape index (κ1) is 16.8. The van der Waals surface area contributed by atoms with Crippen LogP contribution in [0.25, 0.3) is 0 Å². The number of ether oxygens (including phenoxy) is 1. The molecule has 2 heterocycles. The number of carbonyl (C=O) groups excluding carboxylic acids is 1. The molecular formula is C17H19N5O3. The molecule has 1 aromatic heterocycles. The number of hydrogen-bond donors (Lipinski definition) is 1. The Morgan fingerprint density at radius 2 is 2.32 bits per heavy atom. The number of benzene rings is 1. The Balaban J connectivity index is 1.66. The Bertz CT molecular complexity index is 783. The van der Waals surface area contributed by atoms with Gasteiger partial charge in [-0.1, -0.05) is 22.3 Å². The number of rotatable bonds is 5. The van der Waals surface area contributed by atoms with Crippen LogP contribution in [-0.2, 0) is 4.74 Å². The number of esters is 1. The van der Waals surface area contributed by atoms with E-state index in [0.29, 0.717) is 12.1 Å². The molecule has 8 heteroatoms. The molecule has 2 aromatic rings. The number of anilines is 2. The van der Waals surface area contributed by atoms with Crippen LogP contribution in [0.15, 0.2) is 28.7 Å². The predicted molar refractivity (Wildman–Crippen MR) is 90.3 cm³/mol. The van der Waals surface area contributed by atoms with Crippen LogP contribution in [0.4, 0.5) is 11.7 Å². The Hall–Kier alpha value is -3.08. The molecule has 0 radical (unpaired) electrons. The van der Waals surface area contributed by atoms with Crippen LogP contribution in [-0.4, -0.2) is 41.9 Å². The molecule has 1 aliphatic heterocycles. The van der Waals surface area contributed by atoms with Crippen molar-refractivity contribution in [2.45, 2.75) is 25.8 Å². The van der Waals surface area contributed by atoms with E-state index in [9.17, 15) is 10.1 Å². The van der Waals surface area contributed by atoms with E-state index in [1.54, 1.807) is 6.92 Å². The van der Waals surface area contributed by atoms with Crippen LogP contribution >= 0.6 is 0 Å². The Morgan fingerprint density at radius 3 is 3.12 bits per heavy atom. The second-order valence-corrected chi connectivity index (χ2v) is 5.69. The van der Waals surface area contributed by atoms with Crippen LogP contribution in [0, 0.1) is 11.3 Å². The van der Waals surface area contributed by atoms with Crippen LogP contribution in [0.2, 0.25) is 0 Å². The summed E-state index contributed by atoms with van der Waals surface area (Å²) in [5.41, 5.74) is 1.58. The van der Waals surface area contributed by atoms with E-state index in [1.807, 2.05) is 24.3 Å². The third-order valence-electron chi connectivity index (χ3n) is 3.99. The van der Waals surface area contributed by atoms with Crippen molar-refractivity contribution in [3.8, 4) is 6.07 Å². The first-order valence-electron chi connectivity index (χ1n) is 8.22. The summed E-state index contributed by atoms with van der Waals surface area (Å²) in [7, 11) is 0. The van der Waals surface area contributed by atoms with Crippen molar-refractivity contribution in [2.24, 2.45) is 0 Å². The fourth-order valence-electron chi connectivity index (χ4n) is 2.89. The number of carbonyl (C=O) groups is 1. The summed E-state index contributed by atoms with van der Waals surface area (Å²) in [6.45, 7) is 3.55. The van der Waals surface area contributed by atoms with E-state index >= 15 is 0 Å². The number of aromatic nitrogens is 2. The summed E-state index contributed by atoms with van der Waals surface area (Å²) in [5, 5.41) is 20.0. The van der Waals surface area contributed by atoms with Crippen molar-refractivity contribution in [2.75, 3.05) is 29.9 Å². The number of hydrogen-bond acceptors (Lipinski definition) is 8. The third-order valence-corrected chi connectivity index (χ3v) is 3.99. The van der Waals surface area contributed by atoms with Crippen molar-refractivity contribution in [1.29, 1.82) is 5.26 Å². The molecule has 130 valence electrons. The predicted octanol–water partition coefficient (Wildman–Crippen LogP) is 2.20. The molecule has 8 nitrogen and oxygen atoms in total. The summed E-state index contributed by atoms with van der Waals surface area (Å²) in [6, 6.07) is 10.1. The van der Waals surface area contributed by atoms with Crippen molar-refractivity contribution < 1.29 is 13.9 Å². The zero-order chi connectivity index (χ0) is 17.6. The highest BCUT2D eigenvalue weighted by Gasteiger charge is 2.24. The normalized spacial score (nSPS) is 17.0. The number of nitriles is 1. The smallest absolute Gasteiger partial charge is 0.396 e. The molecule has 1 aliphatic rings. The van der Waals surface area contributed by atoms with E-state index in [2.05, 4.69) is 26.5 Å². The Morgan fingerprint density at radius 1 is 1.48 bits per heavy atom.